The zero-order valence-electron chi connectivity index (χ0n) is 20.4. The molecule has 3 aliphatic carbocycles. The molecule has 1 unspecified atom stereocenters. The van der Waals surface area contributed by atoms with E-state index < -0.39 is 39.1 Å². The van der Waals surface area contributed by atoms with Crippen LogP contribution in [0.15, 0.2) is 30.3 Å². The van der Waals surface area contributed by atoms with Crippen LogP contribution < -0.4 is 4.83 Å². The first-order chi connectivity index (χ1) is 16.2. The van der Waals surface area contributed by atoms with E-state index in [0.717, 1.165) is 43.0 Å². The van der Waals surface area contributed by atoms with E-state index in [0.29, 0.717) is 23.7 Å². The van der Waals surface area contributed by atoms with Crippen LogP contribution in [0.3, 0.4) is 0 Å². The number of hydrogen-bond donors (Lipinski definition) is 1. The lowest BCUT2D eigenvalue weighted by Gasteiger charge is -2.60. The average Bonchev–Trinajstić information content (AvgIpc) is 3.16. The number of alkyl halides is 3. The van der Waals surface area contributed by atoms with Crippen molar-refractivity contribution in [1.82, 2.24) is 9.84 Å². The molecule has 0 radical (unpaired) electrons. The van der Waals surface area contributed by atoms with Crippen molar-refractivity contribution in [3.8, 4) is 0 Å². The summed E-state index contributed by atoms with van der Waals surface area (Å²) in [5.74, 6) is 0.422. The van der Waals surface area contributed by atoms with Crippen LogP contribution in [0.2, 0.25) is 0 Å². The molecule has 0 bridgehead atoms. The monoisotopic (exact) mass is 510 g/mol. The van der Waals surface area contributed by atoms with Crippen LogP contribution in [0.5, 0.6) is 0 Å². The van der Waals surface area contributed by atoms with Gasteiger partial charge >= 0.3 is 6.18 Å². The lowest BCUT2D eigenvalue weighted by Crippen LogP contribution is -2.64. The van der Waals surface area contributed by atoms with E-state index in [-0.39, 0.29) is 17.1 Å². The number of amides is 1. The summed E-state index contributed by atoms with van der Waals surface area (Å²) in [4.78, 5) is 16.0. The lowest BCUT2D eigenvalue weighted by atomic mass is 9.48. The quantitative estimate of drug-likeness (QED) is 0.593. The Balaban J connectivity index is 1.66. The Hall–Kier alpha value is -1.87. The summed E-state index contributed by atoms with van der Waals surface area (Å²) in [5.41, 5.74) is -1.51. The molecule has 192 valence electrons. The predicted octanol–water partition coefficient (Wildman–Crippen LogP) is 5.40. The van der Waals surface area contributed by atoms with Gasteiger partial charge in [-0.05, 0) is 73.3 Å². The van der Waals surface area contributed by atoms with Crippen LogP contribution >= 0.6 is 0 Å². The van der Waals surface area contributed by atoms with Gasteiger partial charge in [-0.3, -0.25) is 9.80 Å². The number of benzene rings is 1. The van der Waals surface area contributed by atoms with Gasteiger partial charge in [0.25, 0.3) is 5.91 Å². The minimum Gasteiger partial charge on any atom is -0.268 e. The van der Waals surface area contributed by atoms with Crippen LogP contribution in [0, 0.1) is 28.6 Å². The highest BCUT2D eigenvalue weighted by Gasteiger charge is 2.60. The van der Waals surface area contributed by atoms with Crippen molar-refractivity contribution in [3.63, 3.8) is 0 Å². The number of carbonyl (C=O) groups is 1. The van der Waals surface area contributed by atoms with E-state index in [9.17, 15) is 26.4 Å². The molecular formula is C26H33F3N2O3S. The zero-order chi connectivity index (χ0) is 25.4. The molecule has 5 rings (SSSR count). The van der Waals surface area contributed by atoms with Gasteiger partial charge in [0.2, 0.25) is 10.0 Å². The highest BCUT2D eigenvalue weighted by atomic mass is 32.2. The molecule has 1 heterocycles. The van der Waals surface area contributed by atoms with Gasteiger partial charge in [0.05, 0.1) is 17.9 Å². The first-order valence-electron chi connectivity index (χ1n) is 12.4. The predicted molar refractivity (Wildman–Crippen MR) is 127 cm³/mol. The van der Waals surface area contributed by atoms with Crippen LogP contribution in [-0.2, 0) is 21.0 Å². The molecular weight excluding hydrogens is 477 g/mol. The maximum atomic E-state index is 13.9. The molecule has 1 N–H and O–H groups in total. The van der Waals surface area contributed by atoms with Gasteiger partial charge in [0.1, 0.15) is 0 Å². The van der Waals surface area contributed by atoms with Gasteiger partial charge in [0.15, 0.2) is 0 Å². The van der Waals surface area contributed by atoms with Crippen LogP contribution in [-0.4, -0.2) is 31.6 Å². The third-order valence-electron chi connectivity index (χ3n) is 9.51. The van der Waals surface area contributed by atoms with Gasteiger partial charge in [-0.15, -0.1) is 4.83 Å². The number of nitrogens with one attached hydrogen (secondary N) is 1. The number of rotatable bonds is 3. The Bertz CT molecular complexity index is 1180. The van der Waals surface area contributed by atoms with Gasteiger partial charge < -0.3 is 0 Å². The molecule has 35 heavy (non-hydrogen) atoms. The highest BCUT2D eigenvalue weighted by molar-refractivity contribution is 7.88. The summed E-state index contributed by atoms with van der Waals surface area (Å²) < 4.78 is 66.3. The van der Waals surface area contributed by atoms with E-state index in [1.807, 2.05) is 6.92 Å². The molecule has 0 spiro atoms. The Labute approximate surface area is 205 Å². The van der Waals surface area contributed by atoms with Gasteiger partial charge in [-0.1, -0.05) is 44.5 Å². The summed E-state index contributed by atoms with van der Waals surface area (Å²) in [6, 6.07) is 4.62. The minimum absolute atomic E-state index is 0.0757. The molecule has 3 fully saturated rings. The van der Waals surface area contributed by atoms with Crippen molar-refractivity contribution < 1.29 is 26.4 Å². The van der Waals surface area contributed by atoms with Gasteiger partial charge in [-0.25, -0.2) is 8.42 Å². The lowest BCUT2D eigenvalue weighted by molar-refractivity contribution is -0.142. The normalized spacial score (nSPS) is 37.4. The fourth-order valence-corrected chi connectivity index (χ4v) is 8.63. The largest absolute Gasteiger partial charge is 0.417 e. The average molecular weight is 511 g/mol. The second-order valence-corrected chi connectivity index (χ2v) is 13.3. The summed E-state index contributed by atoms with van der Waals surface area (Å²) in [7, 11) is -3.83. The maximum Gasteiger partial charge on any atom is 0.417 e. The number of nitrogens with zero attached hydrogens (tertiary/aromatic N) is 1. The van der Waals surface area contributed by atoms with E-state index in [2.05, 4.69) is 11.8 Å². The number of sulfonamides is 1. The molecule has 3 saturated carbocycles. The van der Waals surface area contributed by atoms with Gasteiger partial charge in [0, 0.05) is 11.0 Å². The van der Waals surface area contributed by atoms with Gasteiger partial charge in [-0.2, -0.15) is 13.2 Å². The van der Waals surface area contributed by atoms with Crippen molar-refractivity contribution in [2.75, 3.05) is 6.26 Å². The van der Waals surface area contributed by atoms with Crippen molar-refractivity contribution >= 4 is 21.5 Å². The molecule has 6 atom stereocenters. The number of hydrazine groups is 1. The summed E-state index contributed by atoms with van der Waals surface area (Å²) in [6.45, 7) is 4.39. The Morgan fingerprint density at radius 1 is 1.03 bits per heavy atom. The van der Waals surface area contributed by atoms with E-state index in [4.69, 9.17) is 0 Å². The van der Waals surface area contributed by atoms with Crippen molar-refractivity contribution in [2.24, 2.45) is 28.6 Å². The molecule has 0 saturated heterocycles. The summed E-state index contributed by atoms with van der Waals surface area (Å²) in [5, 5.41) is 1.12. The third kappa shape index (κ3) is 4.02. The number of hydrogen-bond acceptors (Lipinski definition) is 3. The molecule has 1 amide bonds. The fraction of sp³-hybridized carbons (Fsp3) is 0.654. The summed E-state index contributed by atoms with van der Waals surface area (Å²) >= 11 is 0. The molecule has 9 heteroatoms. The smallest absolute Gasteiger partial charge is 0.268 e. The summed E-state index contributed by atoms with van der Waals surface area (Å²) in [6.07, 6.45) is 5.15. The third-order valence-corrected chi connectivity index (χ3v) is 10.0. The highest BCUT2D eigenvalue weighted by Crippen LogP contribution is 2.64. The number of halogens is 3. The fourth-order valence-electron chi connectivity index (χ4n) is 8.06. The molecule has 4 aliphatic rings. The number of carbonyl (C=O) groups excluding carboxylic acids is 1. The van der Waals surface area contributed by atoms with E-state index in [1.165, 1.54) is 31.0 Å². The molecule has 1 aromatic carbocycles. The number of fused-ring (bicyclic) bond motifs is 5. The van der Waals surface area contributed by atoms with E-state index in [1.54, 1.807) is 6.08 Å². The first kappa shape index (κ1) is 24.8. The molecule has 1 aliphatic heterocycles. The molecule has 1 aromatic rings. The molecule has 5 nitrogen and oxygen atoms in total. The van der Waals surface area contributed by atoms with Crippen molar-refractivity contribution in [3.05, 3.63) is 41.5 Å². The van der Waals surface area contributed by atoms with Crippen LogP contribution in [0.1, 0.15) is 69.9 Å². The minimum atomic E-state index is -4.64. The Morgan fingerprint density at radius 3 is 2.43 bits per heavy atom. The maximum absolute atomic E-state index is 13.9. The van der Waals surface area contributed by atoms with Crippen LogP contribution in [0.25, 0.3) is 5.57 Å². The second kappa shape index (κ2) is 8.07. The Morgan fingerprint density at radius 2 is 1.74 bits per heavy atom. The van der Waals surface area contributed by atoms with E-state index >= 15 is 0 Å². The van der Waals surface area contributed by atoms with Crippen LogP contribution in [0.4, 0.5) is 13.2 Å². The second-order valence-electron chi connectivity index (χ2n) is 11.6. The molecule has 0 aromatic heterocycles. The Kier molecular flexibility index (Phi) is 5.72. The first-order valence-corrected chi connectivity index (χ1v) is 14.3. The van der Waals surface area contributed by atoms with Crippen molar-refractivity contribution in [1.29, 1.82) is 0 Å². The zero-order valence-corrected chi connectivity index (χ0v) is 21.2. The van der Waals surface area contributed by atoms with Crippen molar-refractivity contribution in [2.45, 2.75) is 71.0 Å². The topological polar surface area (TPSA) is 66.5 Å². The standard InChI is InChI=1S/C26H33F3N2O3S/c1-24-13-6-9-19(24)17-10-11-22-25(2,20(17)12-14-24)15-18(23(32)31(22)30-35(3,33)34)16-7-4-5-8-21(16)26(27,28)29/h4-5,7-8,15,17,19-20,22,30H,6,9-14H2,1-3H3/t17-,19-,20+,22?,24-,25+/m0/s1. The SMILES string of the molecule is C[C@@]12CCC[C@H]1[C@@H]1CCC3N(NS(C)(=O)=O)C(=O)C(c4ccccc4C(F)(F)F)=C[C@]3(C)[C@@H]1CC2.